The monoisotopic (exact) mass is 536 g/mol. The summed E-state index contributed by atoms with van der Waals surface area (Å²) in [6.45, 7) is 6.29. The van der Waals surface area contributed by atoms with Gasteiger partial charge in [0.2, 0.25) is 5.60 Å². The number of hydrogen-bond acceptors (Lipinski definition) is 10. The summed E-state index contributed by atoms with van der Waals surface area (Å²) < 4.78 is 17.7. The van der Waals surface area contributed by atoms with Crippen LogP contribution in [0.5, 0.6) is 0 Å². The van der Waals surface area contributed by atoms with Crippen molar-refractivity contribution in [1.82, 2.24) is 9.55 Å². The molecule has 0 saturated heterocycles. The Bertz CT molecular complexity index is 1600. The average molecular weight is 537 g/mol. The molecule has 1 atom stereocenters. The number of fused-ring (bicyclic) bond motifs is 5. The van der Waals surface area contributed by atoms with Gasteiger partial charge in [0, 0.05) is 55.8 Å². The lowest BCUT2D eigenvalue weighted by molar-refractivity contribution is -0.384. The van der Waals surface area contributed by atoms with Crippen LogP contribution in [0.25, 0.3) is 22.3 Å². The molecule has 0 N–H and O–H groups in total. The van der Waals surface area contributed by atoms with E-state index in [0.29, 0.717) is 47.6 Å². The quantitative estimate of drug-likeness (QED) is 0.187. The molecule has 0 bridgehead atoms. The normalized spacial score (nSPS) is 17.3. The molecule has 0 saturated carbocycles. The van der Waals surface area contributed by atoms with Crippen LogP contribution in [0.1, 0.15) is 43.9 Å². The summed E-state index contributed by atoms with van der Waals surface area (Å²) in [6, 6.07) is 6.17. The summed E-state index contributed by atoms with van der Waals surface area (Å²) in [7, 11) is 1.60. The minimum absolute atomic E-state index is 0.0683. The minimum Gasteiger partial charge on any atom is -0.457 e. The van der Waals surface area contributed by atoms with E-state index in [1.165, 1.54) is 19.1 Å². The van der Waals surface area contributed by atoms with E-state index in [4.69, 9.17) is 19.2 Å². The highest BCUT2D eigenvalue weighted by molar-refractivity contribution is 5.99. The van der Waals surface area contributed by atoms with E-state index in [0.717, 1.165) is 11.3 Å². The van der Waals surface area contributed by atoms with Crippen molar-refractivity contribution >= 4 is 34.2 Å². The van der Waals surface area contributed by atoms with Gasteiger partial charge in [0.05, 0.1) is 46.2 Å². The summed E-state index contributed by atoms with van der Waals surface area (Å²) in [5, 5.41) is 12.2. The van der Waals surface area contributed by atoms with Gasteiger partial charge in [-0.3, -0.25) is 19.7 Å². The molecule has 2 aliphatic rings. The van der Waals surface area contributed by atoms with Crippen molar-refractivity contribution in [1.29, 1.82) is 0 Å². The maximum atomic E-state index is 13.8. The van der Waals surface area contributed by atoms with Crippen LogP contribution in [0, 0.1) is 10.1 Å². The molecule has 1 aromatic carbocycles. The van der Waals surface area contributed by atoms with E-state index in [1.54, 1.807) is 30.7 Å². The van der Waals surface area contributed by atoms with Gasteiger partial charge < -0.3 is 23.7 Å². The number of hydrogen-bond donors (Lipinski definition) is 0. The number of non-ortho nitro benzene ring substituents is 1. The van der Waals surface area contributed by atoms with Crippen LogP contribution in [-0.4, -0.2) is 53.2 Å². The number of nitro groups is 1. The zero-order valence-electron chi connectivity index (χ0n) is 22.1. The van der Waals surface area contributed by atoms with Gasteiger partial charge in [-0.05, 0) is 25.5 Å². The van der Waals surface area contributed by atoms with Crippen LogP contribution in [0.2, 0.25) is 0 Å². The fourth-order valence-electron chi connectivity index (χ4n) is 5.55. The third-order valence-corrected chi connectivity index (χ3v) is 7.40. The summed E-state index contributed by atoms with van der Waals surface area (Å²) in [5.41, 5.74) is 1.31. The van der Waals surface area contributed by atoms with Crippen molar-refractivity contribution in [3.8, 4) is 11.4 Å². The molecule has 0 spiro atoms. The van der Waals surface area contributed by atoms with Crippen LogP contribution in [0.15, 0.2) is 29.1 Å². The molecular weight excluding hydrogens is 508 g/mol. The fourth-order valence-corrected chi connectivity index (χ4v) is 5.55. The number of methoxy groups -OCH3 is 1. The third kappa shape index (κ3) is 4.02. The van der Waals surface area contributed by atoms with Gasteiger partial charge in [0.15, 0.2) is 0 Å². The number of benzene rings is 1. The van der Waals surface area contributed by atoms with Crippen molar-refractivity contribution in [3.63, 3.8) is 0 Å². The Kier molecular flexibility index (Phi) is 6.59. The number of aromatic nitrogens is 2. The molecule has 5 rings (SSSR count). The molecule has 1 unspecified atom stereocenters. The van der Waals surface area contributed by atoms with E-state index in [2.05, 4.69) is 4.90 Å². The Balaban J connectivity index is 1.81. The molecule has 39 heavy (non-hydrogen) atoms. The second-order valence-corrected chi connectivity index (χ2v) is 9.48. The highest BCUT2D eigenvalue weighted by Gasteiger charge is 2.50. The van der Waals surface area contributed by atoms with Gasteiger partial charge in [-0.2, -0.15) is 0 Å². The number of nitro benzene ring substituents is 1. The third-order valence-electron chi connectivity index (χ3n) is 7.40. The number of likely N-dealkylation sites (N-methyl/N-ethyl adjacent to an activating group) is 1. The maximum absolute atomic E-state index is 13.8. The van der Waals surface area contributed by atoms with Crippen LogP contribution in [-0.2, 0) is 42.6 Å². The Labute approximate surface area is 223 Å². The van der Waals surface area contributed by atoms with E-state index in [1.807, 2.05) is 6.92 Å². The topological polar surface area (TPSA) is 143 Å². The molecule has 12 nitrogen and oxygen atoms in total. The lowest BCUT2D eigenvalue weighted by Crippen LogP contribution is -2.47. The van der Waals surface area contributed by atoms with Crippen LogP contribution in [0.4, 0.5) is 11.4 Å². The van der Waals surface area contributed by atoms with Crippen LogP contribution in [0.3, 0.4) is 0 Å². The zero-order chi connectivity index (χ0) is 28.1. The van der Waals surface area contributed by atoms with E-state index in [-0.39, 0.29) is 36.4 Å². The average Bonchev–Trinajstić information content (AvgIpc) is 3.28. The van der Waals surface area contributed by atoms with Gasteiger partial charge in [-0.25, -0.2) is 9.78 Å². The van der Waals surface area contributed by atoms with Gasteiger partial charge >= 0.3 is 11.9 Å². The summed E-state index contributed by atoms with van der Waals surface area (Å²) in [4.78, 5) is 56.8. The molecule has 0 radical (unpaired) electrons. The summed E-state index contributed by atoms with van der Waals surface area (Å²) in [5.74, 6) is -1.40. The lowest BCUT2D eigenvalue weighted by atomic mass is 9.85. The number of pyridine rings is 2. The zero-order valence-corrected chi connectivity index (χ0v) is 22.1. The summed E-state index contributed by atoms with van der Waals surface area (Å²) in [6.07, 6.45) is 0.0782. The fraction of sp³-hybridized carbons (Fsp3) is 0.407. The predicted octanol–water partition coefficient (Wildman–Crippen LogP) is 3.03. The molecular formula is C27H28N4O8. The number of ether oxygens (including phenoxy) is 3. The Morgan fingerprint density at radius 1 is 1.26 bits per heavy atom. The van der Waals surface area contributed by atoms with Crippen molar-refractivity contribution < 1.29 is 28.7 Å². The van der Waals surface area contributed by atoms with Crippen molar-refractivity contribution in [2.75, 3.05) is 31.7 Å². The summed E-state index contributed by atoms with van der Waals surface area (Å²) >= 11 is 0. The highest BCUT2D eigenvalue weighted by Crippen LogP contribution is 2.44. The smallest absolute Gasteiger partial charge is 0.355 e. The van der Waals surface area contributed by atoms with E-state index in [9.17, 15) is 24.5 Å². The Hall–Kier alpha value is -4.32. The SMILES string of the molecule is CCN(CCOC)c1c2c(nc3ccc([N+](=O)[O-])cc13)-c1cc3c(c(=O)n1C2)COC(=O)C3(CC)OC(C)=O. The molecule has 204 valence electrons. The molecule has 4 heterocycles. The van der Waals surface area contributed by atoms with E-state index < -0.39 is 22.5 Å². The first kappa shape index (κ1) is 26.3. The standard InChI is InChI=1S/C27H28N4O8/c1-5-27(39-15(3)32)20-12-22-23-18(13-30(22)25(33)19(20)14-38-26(27)34)24(29(6-2)9-10-37-4)17-11-16(31(35)36)7-8-21(17)28-23/h7-8,11-12H,5-6,9-10,13-14H2,1-4H3. The molecule has 0 fully saturated rings. The lowest BCUT2D eigenvalue weighted by Gasteiger charge is -2.35. The van der Waals surface area contributed by atoms with Gasteiger partial charge in [-0.15, -0.1) is 0 Å². The molecule has 3 aromatic rings. The first-order valence-corrected chi connectivity index (χ1v) is 12.7. The van der Waals surface area contributed by atoms with Gasteiger partial charge in [0.1, 0.15) is 6.61 Å². The Morgan fingerprint density at radius 2 is 2.03 bits per heavy atom. The molecule has 12 heteroatoms. The second kappa shape index (κ2) is 9.77. The maximum Gasteiger partial charge on any atom is 0.355 e. The molecule has 2 aliphatic heterocycles. The van der Waals surface area contributed by atoms with Gasteiger partial charge in [-0.1, -0.05) is 6.92 Å². The number of esters is 2. The number of cyclic esters (lactones) is 1. The van der Waals surface area contributed by atoms with Gasteiger partial charge in [0.25, 0.3) is 11.2 Å². The first-order chi connectivity index (χ1) is 18.7. The molecule has 0 aliphatic carbocycles. The Morgan fingerprint density at radius 3 is 2.67 bits per heavy atom. The largest absolute Gasteiger partial charge is 0.457 e. The predicted molar refractivity (Wildman–Crippen MR) is 140 cm³/mol. The van der Waals surface area contributed by atoms with Crippen molar-refractivity contribution in [3.05, 3.63) is 61.4 Å². The number of nitrogens with zero attached hydrogens (tertiary/aromatic N) is 4. The van der Waals surface area contributed by atoms with Crippen LogP contribution >= 0.6 is 0 Å². The highest BCUT2D eigenvalue weighted by atomic mass is 16.6. The number of carbonyl (C=O) groups excluding carboxylic acids is 2. The molecule has 0 amide bonds. The number of carbonyl (C=O) groups is 2. The number of rotatable bonds is 8. The van der Waals surface area contributed by atoms with Crippen LogP contribution < -0.4 is 10.5 Å². The van der Waals surface area contributed by atoms with E-state index >= 15 is 0 Å². The van der Waals surface area contributed by atoms with Crippen molar-refractivity contribution in [2.24, 2.45) is 0 Å². The number of anilines is 1. The molecule has 2 aromatic heterocycles. The van der Waals surface area contributed by atoms with Crippen molar-refractivity contribution in [2.45, 2.75) is 45.9 Å². The minimum atomic E-state index is -1.74. The second-order valence-electron chi connectivity index (χ2n) is 9.48. The first-order valence-electron chi connectivity index (χ1n) is 12.7.